The second-order valence-corrected chi connectivity index (χ2v) is 16.8. The molecule has 0 radical (unpaired) electrons. The first-order chi connectivity index (χ1) is 23.6. The summed E-state index contributed by atoms with van der Waals surface area (Å²) in [5.41, 5.74) is -2.82. The number of hydrogen-bond acceptors (Lipinski definition) is 9. The standard InChI is InChI=1S/C38H49N4O7P/c1-27(2)42(28(3)4)33(23-39)26-50(45,46,47)34(25-41-24-29(5)35(43)40-36(41)44)38(48-6,49-7)37(30-17-11-8-12-18-30,31-19-13-9-14-20-31)32-21-15-10-16-22-32/h8-22,24,27-28,33-34,45-47H,25-26H2,1-7H3,(H,40,43,44). The van der Waals surface area contributed by atoms with Gasteiger partial charge in [-0.15, -0.1) is 0 Å². The average molecular weight is 705 g/mol. The summed E-state index contributed by atoms with van der Waals surface area (Å²) in [5.74, 6) is -2.21. The molecule has 12 heteroatoms. The van der Waals surface area contributed by atoms with Gasteiger partial charge in [-0.1, -0.05) is 0 Å². The van der Waals surface area contributed by atoms with E-state index in [0.717, 1.165) is 4.57 Å². The number of hydrogen-bond donors (Lipinski definition) is 4. The summed E-state index contributed by atoms with van der Waals surface area (Å²) in [6.45, 7) is 8.44. The van der Waals surface area contributed by atoms with Crippen LogP contribution in [0.4, 0.5) is 0 Å². The SMILES string of the molecule is COC(OC)(C(Cn1cc(C)c(=O)[nH]c1=O)P(O)(O)(O)CC(C#N)N(C(C)C)C(C)C)C(c1ccccc1)(c1ccccc1)c1ccccc1. The van der Waals surface area contributed by atoms with Crippen LogP contribution in [-0.2, 0) is 21.4 Å². The molecule has 0 bridgehead atoms. The third-order valence-corrected chi connectivity index (χ3v) is 12.4. The van der Waals surface area contributed by atoms with E-state index < -0.39 is 54.1 Å². The summed E-state index contributed by atoms with van der Waals surface area (Å²) in [4.78, 5) is 68.2. The van der Waals surface area contributed by atoms with Crippen molar-refractivity contribution in [2.24, 2.45) is 0 Å². The molecule has 1 heterocycles. The van der Waals surface area contributed by atoms with E-state index in [-0.39, 0.29) is 17.6 Å². The number of aromatic amines is 1. The Morgan fingerprint density at radius 3 is 1.60 bits per heavy atom. The van der Waals surface area contributed by atoms with Crippen molar-refractivity contribution >= 4 is 7.28 Å². The second kappa shape index (κ2) is 15.1. The average Bonchev–Trinajstić information content (AvgIpc) is 3.08. The van der Waals surface area contributed by atoms with E-state index in [1.165, 1.54) is 27.3 Å². The van der Waals surface area contributed by atoms with Gasteiger partial charge in [0.05, 0.1) is 0 Å². The van der Waals surface area contributed by atoms with Gasteiger partial charge in [0, 0.05) is 0 Å². The monoisotopic (exact) mass is 704 g/mol. The Morgan fingerprint density at radius 1 is 0.820 bits per heavy atom. The maximum atomic E-state index is 13.4. The Morgan fingerprint density at radius 2 is 1.24 bits per heavy atom. The van der Waals surface area contributed by atoms with E-state index in [1.54, 1.807) is 4.90 Å². The van der Waals surface area contributed by atoms with Crippen molar-refractivity contribution in [1.82, 2.24) is 14.5 Å². The second-order valence-electron chi connectivity index (χ2n) is 13.3. The molecule has 1 aromatic heterocycles. The molecule has 0 aliphatic heterocycles. The molecule has 268 valence electrons. The zero-order chi connectivity index (χ0) is 36.9. The molecule has 0 amide bonds. The van der Waals surface area contributed by atoms with Crippen LogP contribution >= 0.6 is 7.28 Å². The van der Waals surface area contributed by atoms with E-state index in [1.807, 2.05) is 119 Å². The normalized spacial score (nSPS) is 14.7. The Bertz CT molecular complexity index is 1770. The van der Waals surface area contributed by atoms with Crippen LogP contribution in [-0.4, -0.2) is 79.1 Å². The number of methoxy groups -OCH3 is 2. The first-order valence-corrected chi connectivity index (χ1v) is 18.9. The van der Waals surface area contributed by atoms with Crippen LogP contribution in [0.15, 0.2) is 107 Å². The molecule has 0 aliphatic rings. The maximum absolute atomic E-state index is 13.4. The minimum absolute atomic E-state index is 0.180. The predicted octanol–water partition coefficient (Wildman–Crippen LogP) is 4.52. The van der Waals surface area contributed by atoms with Gasteiger partial charge in [-0.25, -0.2) is 0 Å². The van der Waals surface area contributed by atoms with Crippen molar-refractivity contribution in [3.8, 4) is 6.07 Å². The third kappa shape index (κ3) is 7.11. The van der Waals surface area contributed by atoms with Crippen molar-refractivity contribution in [1.29, 1.82) is 5.26 Å². The fourth-order valence-electron chi connectivity index (χ4n) is 7.63. The molecule has 3 aromatic carbocycles. The molecule has 50 heavy (non-hydrogen) atoms. The van der Waals surface area contributed by atoms with Crippen LogP contribution in [0.3, 0.4) is 0 Å². The van der Waals surface area contributed by atoms with E-state index in [4.69, 9.17) is 9.47 Å². The fraction of sp³-hybridized carbons (Fsp3) is 0.395. The molecule has 4 N–H and O–H groups in total. The van der Waals surface area contributed by atoms with Gasteiger partial charge >= 0.3 is 294 Å². The molecule has 0 fully saturated rings. The van der Waals surface area contributed by atoms with Gasteiger partial charge in [0.25, 0.3) is 0 Å². The van der Waals surface area contributed by atoms with E-state index in [0.29, 0.717) is 16.7 Å². The van der Waals surface area contributed by atoms with E-state index in [2.05, 4.69) is 11.1 Å². The number of ether oxygens (including phenoxy) is 2. The number of nitriles is 1. The number of H-pyrrole nitrogens is 1. The third-order valence-electron chi connectivity index (χ3n) is 9.61. The molecular weight excluding hydrogens is 655 g/mol. The van der Waals surface area contributed by atoms with Gasteiger partial charge in [0.2, 0.25) is 0 Å². The van der Waals surface area contributed by atoms with Gasteiger partial charge in [-0.05, 0) is 0 Å². The molecule has 2 unspecified atom stereocenters. The van der Waals surface area contributed by atoms with Crippen LogP contribution in [0, 0.1) is 18.3 Å². The summed E-state index contributed by atoms with van der Waals surface area (Å²) in [5, 5.41) is 10.5. The first-order valence-electron chi connectivity index (χ1n) is 16.6. The topological polar surface area (TPSA) is 161 Å². The molecule has 0 saturated carbocycles. The zero-order valence-corrected chi connectivity index (χ0v) is 30.6. The zero-order valence-electron chi connectivity index (χ0n) is 29.7. The Balaban J connectivity index is 2.22. The predicted molar refractivity (Wildman–Crippen MR) is 196 cm³/mol. The molecular formula is C38H49N4O7P. The molecule has 0 aliphatic carbocycles. The van der Waals surface area contributed by atoms with Crippen molar-refractivity contribution in [3.05, 3.63) is 140 Å². The van der Waals surface area contributed by atoms with E-state index >= 15 is 0 Å². The van der Waals surface area contributed by atoms with Crippen molar-refractivity contribution in [3.63, 3.8) is 0 Å². The van der Waals surface area contributed by atoms with Gasteiger partial charge in [-0.2, -0.15) is 0 Å². The summed E-state index contributed by atoms with van der Waals surface area (Å²) in [6.07, 6.45) is 0.505. The summed E-state index contributed by atoms with van der Waals surface area (Å²) in [7, 11) is -3.58. The van der Waals surface area contributed by atoms with Crippen molar-refractivity contribution < 1.29 is 24.2 Å². The number of nitrogens with zero attached hydrogens (tertiary/aromatic N) is 3. The number of nitrogens with one attached hydrogen (secondary N) is 1. The van der Waals surface area contributed by atoms with Crippen molar-refractivity contribution in [2.45, 2.75) is 76.2 Å². The van der Waals surface area contributed by atoms with Gasteiger partial charge in [0.1, 0.15) is 0 Å². The van der Waals surface area contributed by atoms with Gasteiger partial charge < -0.3 is 0 Å². The fourth-order valence-corrected chi connectivity index (χ4v) is 10.4. The van der Waals surface area contributed by atoms with Crippen LogP contribution in [0.25, 0.3) is 0 Å². The Labute approximate surface area is 293 Å². The number of benzene rings is 3. The van der Waals surface area contributed by atoms with Gasteiger partial charge in [0.15, 0.2) is 0 Å². The molecule has 0 saturated heterocycles. The summed E-state index contributed by atoms with van der Waals surface area (Å²) >= 11 is 0. The number of aryl methyl sites for hydroxylation is 1. The van der Waals surface area contributed by atoms with E-state index in [9.17, 15) is 29.5 Å². The quantitative estimate of drug-likeness (QED) is 0.0793. The first kappa shape index (κ1) is 38.8. The molecule has 4 rings (SSSR count). The molecule has 2 atom stereocenters. The molecule has 11 nitrogen and oxygen atoms in total. The van der Waals surface area contributed by atoms with Gasteiger partial charge in [-0.3, -0.25) is 0 Å². The Hall–Kier alpha value is -3.98. The summed E-state index contributed by atoms with van der Waals surface area (Å²) in [6, 6.07) is 28.3. The molecule has 4 aromatic rings. The van der Waals surface area contributed by atoms with Crippen LogP contribution in [0.2, 0.25) is 0 Å². The number of aromatic nitrogens is 2. The minimum atomic E-state index is -6.28. The van der Waals surface area contributed by atoms with Crippen LogP contribution in [0.1, 0.15) is 49.9 Å². The molecule has 0 spiro atoms. The van der Waals surface area contributed by atoms with Crippen LogP contribution < -0.4 is 11.2 Å². The summed E-state index contributed by atoms with van der Waals surface area (Å²) < 4.78 is 14.1. The Kier molecular flexibility index (Phi) is 11.7. The van der Waals surface area contributed by atoms with Crippen molar-refractivity contribution in [2.75, 3.05) is 20.4 Å². The van der Waals surface area contributed by atoms with Crippen LogP contribution in [0.5, 0.6) is 0 Å². The number of rotatable bonds is 15.